The summed E-state index contributed by atoms with van der Waals surface area (Å²) in [6.07, 6.45) is 0. The van der Waals surface area contributed by atoms with E-state index in [1.54, 1.807) is 19.1 Å². The first kappa shape index (κ1) is 20.5. The summed E-state index contributed by atoms with van der Waals surface area (Å²) in [5.74, 6) is -0.185. The highest BCUT2D eigenvalue weighted by molar-refractivity contribution is 7.89. The Hall–Kier alpha value is -2.26. The Morgan fingerprint density at radius 1 is 1.18 bits per heavy atom. The van der Waals surface area contributed by atoms with Gasteiger partial charge < -0.3 is 10.2 Å². The number of hydrogen-bond acceptors (Lipinski definition) is 5. The minimum Gasteiger partial charge on any atom is -0.325 e. The average Bonchev–Trinajstić information content (AvgIpc) is 2.64. The Labute approximate surface area is 166 Å². The second kappa shape index (κ2) is 8.40. The van der Waals surface area contributed by atoms with Crippen molar-refractivity contribution < 1.29 is 13.2 Å². The zero-order valence-electron chi connectivity index (χ0n) is 16.1. The molecule has 28 heavy (non-hydrogen) atoms. The first-order chi connectivity index (χ1) is 13.2. The summed E-state index contributed by atoms with van der Waals surface area (Å²) in [6, 6.07) is 15.0. The van der Waals surface area contributed by atoms with Gasteiger partial charge in [0.15, 0.2) is 0 Å². The zero-order valence-corrected chi connectivity index (χ0v) is 16.9. The molecule has 2 aromatic carbocycles. The minimum atomic E-state index is -3.84. The van der Waals surface area contributed by atoms with Gasteiger partial charge in [0.25, 0.3) is 0 Å². The van der Waals surface area contributed by atoms with Crippen LogP contribution in [0.2, 0.25) is 0 Å². The van der Waals surface area contributed by atoms with Crippen molar-refractivity contribution in [3.63, 3.8) is 0 Å². The number of amides is 1. The normalized spacial score (nSPS) is 18.8. The Morgan fingerprint density at radius 3 is 2.57 bits per heavy atom. The van der Waals surface area contributed by atoms with Gasteiger partial charge in [0.2, 0.25) is 15.9 Å². The van der Waals surface area contributed by atoms with Gasteiger partial charge in [-0.2, -0.15) is 0 Å². The molecule has 7 nitrogen and oxygen atoms in total. The van der Waals surface area contributed by atoms with Crippen LogP contribution in [-0.2, 0) is 14.8 Å². The molecule has 0 spiro atoms. The highest BCUT2D eigenvalue weighted by Gasteiger charge is 2.28. The largest absolute Gasteiger partial charge is 0.325 e. The molecule has 0 saturated carbocycles. The second-order valence-corrected chi connectivity index (χ2v) is 8.76. The third-order valence-electron chi connectivity index (χ3n) is 5.00. The lowest BCUT2D eigenvalue weighted by Crippen LogP contribution is -2.49. The summed E-state index contributed by atoms with van der Waals surface area (Å²) < 4.78 is 23.4. The number of aryl methyl sites for hydroxylation is 1. The van der Waals surface area contributed by atoms with Crippen LogP contribution >= 0.6 is 0 Å². The van der Waals surface area contributed by atoms with Crippen molar-refractivity contribution in [3.8, 4) is 0 Å². The van der Waals surface area contributed by atoms with Crippen LogP contribution in [0.4, 0.5) is 5.69 Å². The maximum atomic E-state index is 12.6. The summed E-state index contributed by atoms with van der Waals surface area (Å²) in [5, 5.41) is 8.05. The van der Waals surface area contributed by atoms with E-state index >= 15 is 0 Å². The summed E-state index contributed by atoms with van der Waals surface area (Å²) in [7, 11) is -1.76. The van der Waals surface area contributed by atoms with Crippen molar-refractivity contribution in [1.82, 2.24) is 9.80 Å². The number of nitrogens with one attached hydrogen (secondary N) is 1. The molecule has 1 fully saturated rings. The molecule has 150 valence electrons. The van der Waals surface area contributed by atoms with E-state index in [0.29, 0.717) is 11.3 Å². The standard InChI is InChI=1S/C20H26N4O3S/c1-15-8-9-17(12-19(15)28(21,26)27)22-20(25)14-24-11-10-23(2)13-18(24)16-6-4-3-5-7-16/h3-9,12,18H,10-11,13-14H2,1-2H3,(H,22,25)(H2,21,26,27). The molecule has 1 aliphatic heterocycles. The maximum absolute atomic E-state index is 12.6. The Kier molecular flexibility index (Phi) is 6.14. The lowest BCUT2D eigenvalue weighted by Gasteiger charge is -2.39. The molecule has 1 unspecified atom stereocenters. The van der Waals surface area contributed by atoms with Crippen molar-refractivity contribution in [2.24, 2.45) is 5.14 Å². The van der Waals surface area contributed by atoms with Gasteiger partial charge in [-0.15, -0.1) is 0 Å². The van der Waals surface area contributed by atoms with Crippen LogP contribution in [0.1, 0.15) is 17.2 Å². The fourth-order valence-corrected chi connectivity index (χ4v) is 4.32. The van der Waals surface area contributed by atoms with E-state index in [-0.39, 0.29) is 23.4 Å². The molecule has 8 heteroatoms. The molecule has 0 bridgehead atoms. The van der Waals surface area contributed by atoms with Crippen LogP contribution in [0.25, 0.3) is 0 Å². The molecule has 0 aliphatic carbocycles. The highest BCUT2D eigenvalue weighted by atomic mass is 32.2. The van der Waals surface area contributed by atoms with Gasteiger partial charge in [-0.05, 0) is 37.2 Å². The van der Waals surface area contributed by atoms with E-state index in [0.717, 1.165) is 19.6 Å². The number of rotatable bonds is 5. The summed E-state index contributed by atoms with van der Waals surface area (Å²) in [5.41, 5.74) is 2.14. The molecule has 1 atom stereocenters. The number of sulfonamides is 1. The van der Waals surface area contributed by atoms with Crippen LogP contribution in [0.5, 0.6) is 0 Å². The van der Waals surface area contributed by atoms with E-state index in [4.69, 9.17) is 5.14 Å². The summed E-state index contributed by atoms with van der Waals surface area (Å²) in [4.78, 5) is 17.1. The minimum absolute atomic E-state index is 0.0204. The summed E-state index contributed by atoms with van der Waals surface area (Å²) >= 11 is 0. The number of hydrogen-bond donors (Lipinski definition) is 2. The number of carbonyl (C=O) groups is 1. The maximum Gasteiger partial charge on any atom is 0.238 e. The van der Waals surface area contributed by atoms with Crippen molar-refractivity contribution in [2.75, 3.05) is 38.5 Å². The fourth-order valence-electron chi connectivity index (χ4n) is 3.51. The quantitative estimate of drug-likeness (QED) is 0.792. The molecular weight excluding hydrogens is 376 g/mol. The van der Waals surface area contributed by atoms with Gasteiger partial charge in [0, 0.05) is 31.4 Å². The molecule has 1 heterocycles. The number of nitrogens with zero attached hydrogens (tertiary/aromatic N) is 2. The Bertz CT molecular complexity index is 947. The molecule has 1 aliphatic rings. The van der Waals surface area contributed by atoms with Gasteiger partial charge in [-0.1, -0.05) is 36.4 Å². The Morgan fingerprint density at radius 2 is 1.89 bits per heavy atom. The second-order valence-electron chi connectivity index (χ2n) is 7.23. The van der Waals surface area contributed by atoms with E-state index in [1.807, 2.05) is 18.2 Å². The van der Waals surface area contributed by atoms with E-state index in [2.05, 4.69) is 34.3 Å². The van der Waals surface area contributed by atoms with Crippen LogP contribution in [0, 0.1) is 6.92 Å². The number of nitrogens with two attached hydrogens (primary N) is 1. The molecular formula is C20H26N4O3S. The van der Waals surface area contributed by atoms with Crippen molar-refractivity contribution in [2.45, 2.75) is 17.9 Å². The Balaban J connectivity index is 1.73. The molecule has 3 N–H and O–H groups in total. The first-order valence-corrected chi connectivity index (χ1v) is 10.7. The molecule has 1 amide bonds. The molecule has 0 radical (unpaired) electrons. The third kappa shape index (κ3) is 4.96. The number of piperazine rings is 1. The monoisotopic (exact) mass is 402 g/mol. The van der Waals surface area contributed by atoms with E-state index < -0.39 is 10.0 Å². The van der Waals surface area contributed by atoms with E-state index in [1.165, 1.54) is 11.6 Å². The molecule has 2 aromatic rings. The van der Waals surface area contributed by atoms with Crippen LogP contribution < -0.4 is 10.5 Å². The van der Waals surface area contributed by atoms with Crippen LogP contribution in [0.3, 0.4) is 0 Å². The topological polar surface area (TPSA) is 95.7 Å². The van der Waals surface area contributed by atoms with Crippen molar-refractivity contribution >= 4 is 21.6 Å². The van der Waals surface area contributed by atoms with Gasteiger partial charge in [0.1, 0.15) is 0 Å². The van der Waals surface area contributed by atoms with Gasteiger partial charge in [-0.25, -0.2) is 13.6 Å². The fraction of sp³-hybridized carbons (Fsp3) is 0.350. The third-order valence-corrected chi connectivity index (χ3v) is 6.06. The highest BCUT2D eigenvalue weighted by Crippen LogP contribution is 2.25. The van der Waals surface area contributed by atoms with Crippen molar-refractivity contribution in [1.29, 1.82) is 0 Å². The number of primary sulfonamides is 1. The zero-order chi connectivity index (χ0) is 20.3. The van der Waals surface area contributed by atoms with Crippen molar-refractivity contribution in [3.05, 3.63) is 59.7 Å². The van der Waals surface area contributed by atoms with E-state index in [9.17, 15) is 13.2 Å². The van der Waals surface area contributed by atoms with Gasteiger partial charge >= 0.3 is 0 Å². The molecule has 1 saturated heterocycles. The number of likely N-dealkylation sites (N-methyl/N-ethyl adjacent to an activating group) is 1. The number of benzene rings is 2. The first-order valence-electron chi connectivity index (χ1n) is 9.15. The predicted molar refractivity (Wildman–Crippen MR) is 109 cm³/mol. The number of carbonyl (C=O) groups excluding carboxylic acids is 1. The molecule has 0 aromatic heterocycles. The number of anilines is 1. The average molecular weight is 403 g/mol. The molecule has 3 rings (SSSR count). The van der Waals surface area contributed by atoms with Gasteiger partial charge in [-0.3, -0.25) is 9.69 Å². The summed E-state index contributed by atoms with van der Waals surface area (Å²) in [6.45, 7) is 4.40. The van der Waals surface area contributed by atoms with Crippen LogP contribution in [0.15, 0.2) is 53.4 Å². The lowest BCUT2D eigenvalue weighted by atomic mass is 10.0. The SMILES string of the molecule is Cc1ccc(NC(=O)CN2CCN(C)CC2c2ccccc2)cc1S(N)(=O)=O. The lowest BCUT2D eigenvalue weighted by molar-refractivity contribution is -0.118. The van der Waals surface area contributed by atoms with Gasteiger partial charge in [0.05, 0.1) is 11.4 Å². The predicted octanol–water partition coefficient (Wildman–Crippen LogP) is 1.57. The van der Waals surface area contributed by atoms with Crippen LogP contribution in [-0.4, -0.2) is 57.4 Å². The smallest absolute Gasteiger partial charge is 0.238 e.